The van der Waals surface area contributed by atoms with Crippen molar-refractivity contribution in [3.63, 3.8) is 0 Å². The lowest BCUT2D eigenvalue weighted by atomic mass is 9.92. The first-order valence-corrected chi connectivity index (χ1v) is 18.4. The van der Waals surface area contributed by atoms with E-state index in [-0.39, 0.29) is 11.7 Å². The molecule has 10 aromatic rings. The van der Waals surface area contributed by atoms with E-state index in [1.165, 1.54) is 37.9 Å². The number of benzene rings is 9. The van der Waals surface area contributed by atoms with Crippen molar-refractivity contribution < 1.29 is 4.42 Å². The fourth-order valence-electron chi connectivity index (χ4n) is 7.54. The molecule has 10 rings (SSSR count). The van der Waals surface area contributed by atoms with Gasteiger partial charge in [-0.1, -0.05) is 169 Å². The van der Waals surface area contributed by atoms with E-state index >= 15 is 0 Å². The summed E-state index contributed by atoms with van der Waals surface area (Å²) in [6, 6.07) is 64.4. The molecular weight excluding hydrogens is 671 g/mol. The first-order valence-electron chi connectivity index (χ1n) is 18.4. The van der Waals surface area contributed by atoms with Gasteiger partial charge in [0.2, 0.25) is 0 Å². The number of nitrogens with two attached hydrogens (primary N) is 1. The monoisotopic (exact) mass is 707 g/mol. The van der Waals surface area contributed by atoms with Crippen LogP contribution in [0, 0.1) is 12.3 Å². The summed E-state index contributed by atoms with van der Waals surface area (Å²) >= 11 is 0. The molecule has 0 spiro atoms. The number of hydrogen-bond acceptors (Lipinski definition) is 2. The molecule has 4 heteroatoms. The Morgan fingerprint density at radius 3 is 1.58 bits per heavy atom. The van der Waals surface area contributed by atoms with Crippen LogP contribution >= 0.6 is 0 Å². The van der Waals surface area contributed by atoms with Gasteiger partial charge in [0.1, 0.15) is 17.0 Å². The van der Waals surface area contributed by atoms with Crippen LogP contribution in [-0.4, -0.2) is 11.7 Å². The van der Waals surface area contributed by atoms with Gasteiger partial charge in [-0.15, -0.1) is 0 Å². The largest absolute Gasteiger partial charge is 0.456 e. The minimum absolute atomic E-state index is 0.105. The molecule has 0 fully saturated rings. The Morgan fingerprint density at radius 1 is 0.455 bits per heavy atom. The van der Waals surface area contributed by atoms with Crippen molar-refractivity contribution >= 4 is 65.9 Å². The second-order valence-electron chi connectivity index (χ2n) is 13.8. The molecule has 0 aliphatic heterocycles. The van der Waals surface area contributed by atoms with Gasteiger partial charge in [-0.05, 0) is 85.8 Å². The van der Waals surface area contributed by atoms with Gasteiger partial charge < -0.3 is 10.2 Å². The summed E-state index contributed by atoms with van der Waals surface area (Å²) in [4.78, 5) is 4.56. The van der Waals surface area contributed by atoms with Gasteiger partial charge in [0.25, 0.3) is 0 Å². The highest BCUT2D eigenvalue weighted by Gasteiger charge is 2.16. The van der Waals surface area contributed by atoms with E-state index in [0.717, 1.165) is 49.8 Å². The lowest BCUT2D eigenvalue weighted by Crippen LogP contribution is -2.16. The summed E-state index contributed by atoms with van der Waals surface area (Å²) in [6.45, 7) is 2.08. The van der Waals surface area contributed by atoms with Gasteiger partial charge in [0, 0.05) is 21.9 Å². The molecule has 0 atom stereocenters. The zero-order valence-corrected chi connectivity index (χ0v) is 30.3. The standard InChI is InChI=1S/C44H29N3O.C7H8/c45-43(29-19-17-28(18-20-29)27-9-2-1-3-10-27)47-44(46)37-15-8-16-41-42(37)39-26-31(22-24-40(39)48-41)30-21-23-36-34-13-5-4-11-32(34)33-12-6-7-14-35(33)38(36)25-30;1-7-5-3-2-4-6-7/h1-26H,(H3,45,46,47);2-6H,1H3. The normalized spacial score (nSPS) is 11.6. The molecule has 4 nitrogen and oxygen atoms in total. The Balaban J connectivity index is 0.000000513. The molecule has 1 heterocycles. The van der Waals surface area contributed by atoms with Gasteiger partial charge in [-0.2, -0.15) is 0 Å². The first-order chi connectivity index (χ1) is 27.0. The van der Waals surface area contributed by atoms with Crippen molar-refractivity contribution in [2.24, 2.45) is 10.7 Å². The van der Waals surface area contributed by atoms with Crippen molar-refractivity contribution in [3.8, 4) is 22.3 Å². The third kappa shape index (κ3) is 6.40. The number of hydrogen-bond donors (Lipinski definition) is 2. The minimum Gasteiger partial charge on any atom is -0.456 e. The maximum Gasteiger partial charge on any atom is 0.154 e. The summed E-state index contributed by atoms with van der Waals surface area (Å²) in [5.74, 6) is 0.378. The number of fused-ring (bicyclic) bond motifs is 9. The fraction of sp³-hybridized carbons (Fsp3) is 0.0196. The average Bonchev–Trinajstić information content (AvgIpc) is 3.63. The lowest BCUT2D eigenvalue weighted by molar-refractivity contribution is 0.669. The topological polar surface area (TPSA) is 75.4 Å². The molecular formula is C51H37N3O. The van der Waals surface area contributed by atoms with Crippen LogP contribution in [0.15, 0.2) is 197 Å². The quantitative estimate of drug-likeness (QED) is 0.109. The van der Waals surface area contributed by atoms with E-state index in [1.807, 2.05) is 84.9 Å². The molecule has 0 amide bonds. The molecule has 0 unspecified atom stereocenters. The molecule has 1 aromatic heterocycles. The Hall–Kier alpha value is -7.30. The highest BCUT2D eigenvalue weighted by Crippen LogP contribution is 2.39. The molecule has 0 saturated heterocycles. The van der Waals surface area contributed by atoms with Gasteiger partial charge in [0.05, 0.1) is 0 Å². The van der Waals surface area contributed by atoms with Crippen molar-refractivity contribution in [1.82, 2.24) is 0 Å². The van der Waals surface area contributed by atoms with Crippen LogP contribution in [0.4, 0.5) is 0 Å². The molecule has 0 aliphatic rings. The van der Waals surface area contributed by atoms with Gasteiger partial charge in [-0.3, -0.25) is 5.41 Å². The summed E-state index contributed by atoms with van der Waals surface area (Å²) in [7, 11) is 0. The van der Waals surface area contributed by atoms with Crippen LogP contribution < -0.4 is 5.73 Å². The predicted molar refractivity (Wildman–Crippen MR) is 232 cm³/mol. The van der Waals surface area contributed by atoms with Crippen molar-refractivity contribution in [2.75, 3.05) is 0 Å². The summed E-state index contributed by atoms with van der Waals surface area (Å²) < 4.78 is 6.29. The zero-order chi connectivity index (χ0) is 37.3. The van der Waals surface area contributed by atoms with Crippen LogP contribution in [0.1, 0.15) is 16.7 Å². The first kappa shape index (κ1) is 33.5. The van der Waals surface area contributed by atoms with E-state index in [4.69, 9.17) is 15.6 Å². The molecule has 0 aliphatic carbocycles. The Kier molecular flexibility index (Phi) is 8.69. The maximum absolute atomic E-state index is 8.75. The molecule has 55 heavy (non-hydrogen) atoms. The molecule has 3 N–H and O–H groups in total. The average molecular weight is 708 g/mol. The Labute approximate surface area is 319 Å². The number of rotatable bonds is 4. The molecule has 9 aromatic carbocycles. The van der Waals surface area contributed by atoms with E-state index < -0.39 is 0 Å². The fourth-order valence-corrected chi connectivity index (χ4v) is 7.54. The van der Waals surface area contributed by atoms with Crippen LogP contribution in [0.3, 0.4) is 0 Å². The summed E-state index contributed by atoms with van der Waals surface area (Å²) in [5, 5.41) is 18.1. The van der Waals surface area contributed by atoms with Crippen molar-refractivity contribution in [3.05, 3.63) is 205 Å². The van der Waals surface area contributed by atoms with E-state index in [9.17, 15) is 0 Å². The smallest absolute Gasteiger partial charge is 0.154 e. The number of aryl methyl sites for hydroxylation is 1. The third-order valence-corrected chi connectivity index (χ3v) is 10.3. The minimum atomic E-state index is 0.105. The van der Waals surface area contributed by atoms with E-state index in [2.05, 4.69) is 115 Å². The highest BCUT2D eigenvalue weighted by atomic mass is 16.3. The van der Waals surface area contributed by atoms with E-state index in [1.54, 1.807) is 0 Å². The summed E-state index contributed by atoms with van der Waals surface area (Å²) in [5.41, 5.74) is 15.3. The van der Waals surface area contributed by atoms with Crippen LogP contribution in [-0.2, 0) is 0 Å². The Morgan fingerprint density at radius 2 is 0.964 bits per heavy atom. The van der Waals surface area contributed by atoms with Crippen molar-refractivity contribution in [2.45, 2.75) is 6.92 Å². The van der Waals surface area contributed by atoms with Gasteiger partial charge >= 0.3 is 0 Å². The molecule has 0 saturated carbocycles. The van der Waals surface area contributed by atoms with Crippen LogP contribution in [0.5, 0.6) is 0 Å². The maximum atomic E-state index is 8.75. The predicted octanol–water partition coefficient (Wildman–Crippen LogP) is 13.1. The third-order valence-electron chi connectivity index (χ3n) is 10.3. The molecule has 262 valence electrons. The SMILES string of the molecule is Cc1ccccc1.N=C(N=C(N)c1cccc2oc3ccc(-c4ccc5c6ccccc6c6ccccc6c5c4)cc3c12)c1ccc(-c2ccccc2)cc1. The second-order valence-corrected chi connectivity index (χ2v) is 13.8. The number of aliphatic imine (C=N–C) groups is 1. The van der Waals surface area contributed by atoms with Crippen LogP contribution in [0.25, 0.3) is 76.5 Å². The molecule has 0 radical (unpaired) electrons. The number of nitrogens with one attached hydrogen (secondary N) is 1. The number of nitrogens with zero attached hydrogens (tertiary/aromatic N) is 1. The zero-order valence-electron chi connectivity index (χ0n) is 30.3. The van der Waals surface area contributed by atoms with Gasteiger partial charge in [0.15, 0.2) is 5.84 Å². The van der Waals surface area contributed by atoms with Crippen molar-refractivity contribution in [1.29, 1.82) is 5.41 Å². The highest BCUT2D eigenvalue weighted by molar-refractivity contribution is 6.26. The molecule has 0 bridgehead atoms. The van der Waals surface area contributed by atoms with Gasteiger partial charge in [-0.25, -0.2) is 4.99 Å². The Bertz CT molecular complexity index is 3020. The van der Waals surface area contributed by atoms with Crippen LogP contribution in [0.2, 0.25) is 0 Å². The summed E-state index contributed by atoms with van der Waals surface area (Å²) in [6.07, 6.45) is 0. The van der Waals surface area contributed by atoms with E-state index in [0.29, 0.717) is 5.56 Å². The number of amidine groups is 2. The number of furan rings is 1. The lowest BCUT2D eigenvalue weighted by Gasteiger charge is -2.12. The second kappa shape index (κ2) is 14.3.